The highest BCUT2D eigenvalue weighted by molar-refractivity contribution is 9.10. The van der Waals surface area contributed by atoms with Gasteiger partial charge in [0.2, 0.25) is 6.79 Å². The maximum absolute atomic E-state index is 9.95. The van der Waals surface area contributed by atoms with Crippen molar-refractivity contribution in [3.8, 4) is 11.5 Å². The van der Waals surface area contributed by atoms with Crippen LogP contribution in [-0.4, -0.2) is 11.9 Å². The van der Waals surface area contributed by atoms with Gasteiger partial charge < -0.3 is 14.6 Å². The van der Waals surface area contributed by atoms with Crippen LogP contribution in [0.25, 0.3) is 0 Å². The number of ether oxygens (including phenoxy) is 2. The Hall–Kier alpha value is -1.00. The summed E-state index contributed by atoms with van der Waals surface area (Å²) in [6, 6.07) is 3.65. The highest BCUT2D eigenvalue weighted by Crippen LogP contribution is 2.41. The summed E-state index contributed by atoms with van der Waals surface area (Å²) in [7, 11) is 0. The Morgan fingerprint density at radius 3 is 2.88 bits per heavy atom. The molecular weight excluding hydrogens is 272 g/mol. The molecule has 1 atom stereocenters. The van der Waals surface area contributed by atoms with Crippen LogP contribution in [0.5, 0.6) is 11.5 Å². The van der Waals surface area contributed by atoms with Gasteiger partial charge in [0.1, 0.15) is 0 Å². The zero-order valence-electron chi connectivity index (χ0n) is 9.16. The Labute approximate surface area is 103 Å². The van der Waals surface area contributed by atoms with Gasteiger partial charge in [0.15, 0.2) is 11.5 Å². The van der Waals surface area contributed by atoms with E-state index in [0.717, 1.165) is 15.6 Å². The van der Waals surface area contributed by atoms with Gasteiger partial charge >= 0.3 is 0 Å². The molecule has 0 aliphatic carbocycles. The topological polar surface area (TPSA) is 38.7 Å². The lowest BCUT2D eigenvalue weighted by Gasteiger charge is -2.09. The van der Waals surface area contributed by atoms with Crippen LogP contribution in [0.15, 0.2) is 28.3 Å². The maximum Gasteiger partial charge on any atom is 0.231 e. The number of aliphatic hydroxyl groups excluding tert-OH is 1. The number of rotatable bonds is 2. The van der Waals surface area contributed by atoms with Gasteiger partial charge in [-0.3, -0.25) is 0 Å². The van der Waals surface area contributed by atoms with Crippen LogP contribution in [0, 0.1) is 0 Å². The summed E-state index contributed by atoms with van der Waals surface area (Å²) in [4.78, 5) is 0. The summed E-state index contributed by atoms with van der Waals surface area (Å²) in [5.41, 5.74) is 1.86. The molecule has 0 fully saturated rings. The summed E-state index contributed by atoms with van der Waals surface area (Å²) in [5.74, 6) is 1.37. The van der Waals surface area contributed by atoms with E-state index in [9.17, 15) is 5.11 Å². The summed E-state index contributed by atoms with van der Waals surface area (Å²) >= 11 is 3.40. The lowest BCUT2D eigenvalue weighted by Crippen LogP contribution is -1.94. The maximum atomic E-state index is 9.95. The number of halogens is 1. The van der Waals surface area contributed by atoms with E-state index in [-0.39, 0.29) is 6.79 Å². The van der Waals surface area contributed by atoms with Crippen LogP contribution in [0.2, 0.25) is 0 Å². The van der Waals surface area contributed by atoms with Crippen LogP contribution in [0.3, 0.4) is 0 Å². The van der Waals surface area contributed by atoms with Crippen LogP contribution in [0.1, 0.15) is 25.5 Å². The monoisotopic (exact) mass is 284 g/mol. The second-order valence-corrected chi connectivity index (χ2v) is 4.78. The van der Waals surface area contributed by atoms with Crippen molar-refractivity contribution < 1.29 is 14.6 Å². The lowest BCUT2D eigenvalue weighted by atomic mass is 10.1. The SMILES string of the molecule is CC(C)=CC(O)c1cc(Br)c2c(c1)OCO2. The highest BCUT2D eigenvalue weighted by atomic mass is 79.9. The van der Waals surface area contributed by atoms with Crippen LogP contribution < -0.4 is 9.47 Å². The number of aliphatic hydroxyl groups is 1. The quantitative estimate of drug-likeness (QED) is 0.848. The Morgan fingerprint density at radius 2 is 2.19 bits per heavy atom. The molecule has 2 rings (SSSR count). The third-order valence-corrected chi connectivity index (χ3v) is 2.87. The minimum Gasteiger partial charge on any atom is -0.454 e. The summed E-state index contributed by atoms with van der Waals surface area (Å²) in [6.07, 6.45) is 1.18. The van der Waals surface area contributed by atoms with Gasteiger partial charge in [0.05, 0.1) is 10.6 Å². The summed E-state index contributed by atoms with van der Waals surface area (Å²) in [5, 5.41) is 9.95. The molecule has 1 unspecified atom stereocenters. The van der Waals surface area contributed by atoms with Gasteiger partial charge in [-0.15, -0.1) is 0 Å². The number of hydrogen-bond acceptors (Lipinski definition) is 3. The first-order valence-electron chi connectivity index (χ1n) is 5.00. The van der Waals surface area contributed by atoms with Gasteiger partial charge in [-0.05, 0) is 47.5 Å². The lowest BCUT2D eigenvalue weighted by molar-refractivity contribution is 0.173. The van der Waals surface area contributed by atoms with E-state index in [1.54, 1.807) is 12.1 Å². The zero-order chi connectivity index (χ0) is 11.7. The molecule has 4 heteroatoms. The predicted octanol–water partition coefficient (Wildman–Crippen LogP) is 3.18. The standard InChI is InChI=1S/C12H13BrO3/c1-7(2)3-10(14)8-4-9(13)12-11(5-8)15-6-16-12/h3-5,10,14H,6H2,1-2H3. The van der Waals surface area contributed by atoms with Crippen LogP contribution >= 0.6 is 15.9 Å². The first-order chi connectivity index (χ1) is 7.58. The van der Waals surface area contributed by atoms with Crippen molar-refractivity contribution in [2.75, 3.05) is 6.79 Å². The number of fused-ring (bicyclic) bond motifs is 1. The van der Waals surface area contributed by atoms with Crippen molar-refractivity contribution in [2.45, 2.75) is 20.0 Å². The molecule has 1 aromatic carbocycles. The zero-order valence-corrected chi connectivity index (χ0v) is 10.7. The van der Waals surface area contributed by atoms with Crippen molar-refractivity contribution in [1.82, 2.24) is 0 Å². The van der Waals surface area contributed by atoms with Crippen molar-refractivity contribution in [3.05, 3.63) is 33.8 Å². The normalized spacial score (nSPS) is 14.8. The number of allylic oxidation sites excluding steroid dienone is 1. The fourth-order valence-corrected chi connectivity index (χ4v) is 2.14. The second-order valence-electron chi connectivity index (χ2n) is 3.93. The molecule has 16 heavy (non-hydrogen) atoms. The molecule has 1 aliphatic heterocycles. The first-order valence-corrected chi connectivity index (χ1v) is 5.79. The highest BCUT2D eigenvalue weighted by Gasteiger charge is 2.19. The average Bonchev–Trinajstić information content (AvgIpc) is 2.64. The predicted molar refractivity (Wildman–Crippen MR) is 64.7 cm³/mol. The van der Waals surface area contributed by atoms with E-state index in [2.05, 4.69) is 15.9 Å². The van der Waals surface area contributed by atoms with Crippen LogP contribution in [-0.2, 0) is 0 Å². The molecule has 3 nitrogen and oxygen atoms in total. The molecule has 0 saturated carbocycles. The molecule has 1 aliphatic rings. The molecule has 0 radical (unpaired) electrons. The molecule has 1 N–H and O–H groups in total. The smallest absolute Gasteiger partial charge is 0.231 e. The molecule has 0 bridgehead atoms. The Bertz CT molecular complexity index is 436. The Morgan fingerprint density at radius 1 is 1.44 bits per heavy atom. The van der Waals surface area contributed by atoms with Crippen molar-refractivity contribution >= 4 is 15.9 Å². The fourth-order valence-electron chi connectivity index (χ4n) is 1.57. The molecule has 0 saturated heterocycles. The Kier molecular flexibility index (Phi) is 3.21. The molecular formula is C12H13BrO3. The number of hydrogen-bond donors (Lipinski definition) is 1. The second kappa shape index (κ2) is 4.47. The van der Waals surface area contributed by atoms with Gasteiger partial charge in [-0.25, -0.2) is 0 Å². The van der Waals surface area contributed by atoms with Gasteiger partial charge in [0, 0.05) is 0 Å². The largest absolute Gasteiger partial charge is 0.454 e. The summed E-state index contributed by atoms with van der Waals surface area (Å²) in [6.45, 7) is 4.13. The van der Waals surface area contributed by atoms with Gasteiger partial charge in [-0.2, -0.15) is 0 Å². The van der Waals surface area contributed by atoms with E-state index >= 15 is 0 Å². The van der Waals surface area contributed by atoms with E-state index in [1.165, 1.54) is 0 Å². The van der Waals surface area contributed by atoms with Crippen molar-refractivity contribution in [2.24, 2.45) is 0 Å². The van der Waals surface area contributed by atoms with E-state index < -0.39 is 6.10 Å². The number of benzene rings is 1. The van der Waals surface area contributed by atoms with Gasteiger partial charge in [0.25, 0.3) is 0 Å². The molecule has 0 spiro atoms. The average molecular weight is 285 g/mol. The van der Waals surface area contributed by atoms with Crippen molar-refractivity contribution in [3.63, 3.8) is 0 Å². The van der Waals surface area contributed by atoms with E-state index in [1.807, 2.05) is 19.9 Å². The van der Waals surface area contributed by atoms with Crippen LogP contribution in [0.4, 0.5) is 0 Å². The fraction of sp³-hybridized carbons (Fsp3) is 0.333. The first kappa shape index (κ1) is 11.5. The minimum atomic E-state index is -0.615. The third-order valence-electron chi connectivity index (χ3n) is 2.28. The van der Waals surface area contributed by atoms with E-state index in [4.69, 9.17) is 9.47 Å². The molecule has 1 heterocycles. The van der Waals surface area contributed by atoms with Gasteiger partial charge in [-0.1, -0.05) is 11.6 Å². The van der Waals surface area contributed by atoms with E-state index in [0.29, 0.717) is 11.5 Å². The third kappa shape index (κ3) is 2.23. The summed E-state index contributed by atoms with van der Waals surface area (Å²) < 4.78 is 11.4. The molecule has 1 aromatic rings. The molecule has 86 valence electrons. The van der Waals surface area contributed by atoms with Crippen molar-refractivity contribution in [1.29, 1.82) is 0 Å². The molecule has 0 amide bonds. The minimum absolute atomic E-state index is 0.232. The molecule has 0 aromatic heterocycles. The Balaban J connectivity index is 2.37.